The van der Waals surface area contributed by atoms with E-state index in [1.54, 1.807) is 0 Å². The van der Waals surface area contributed by atoms with E-state index in [0.29, 0.717) is 13.1 Å². The molecule has 5 nitrogen and oxygen atoms in total. The van der Waals surface area contributed by atoms with Gasteiger partial charge in [0.25, 0.3) is 10.2 Å². The lowest BCUT2D eigenvalue weighted by atomic mass is 10.5. The van der Waals surface area contributed by atoms with Crippen LogP contribution in [0.15, 0.2) is 0 Å². The van der Waals surface area contributed by atoms with Crippen molar-refractivity contribution in [3.63, 3.8) is 0 Å². The van der Waals surface area contributed by atoms with E-state index < -0.39 is 10.2 Å². The summed E-state index contributed by atoms with van der Waals surface area (Å²) in [6.07, 6.45) is 1.51. The summed E-state index contributed by atoms with van der Waals surface area (Å²) in [5.41, 5.74) is 0. The van der Waals surface area contributed by atoms with Crippen LogP contribution in [-0.2, 0) is 10.2 Å². The van der Waals surface area contributed by atoms with E-state index in [1.165, 1.54) is 4.31 Å². The molecule has 0 aliphatic carbocycles. The third-order valence-electron chi connectivity index (χ3n) is 1.70. The minimum Gasteiger partial charge on any atom is -0.395 e. The van der Waals surface area contributed by atoms with Crippen molar-refractivity contribution in [3.8, 4) is 0 Å². The summed E-state index contributed by atoms with van der Waals surface area (Å²) in [5.74, 6) is 0. The summed E-state index contributed by atoms with van der Waals surface area (Å²) in [6.45, 7) is 4.70. The van der Waals surface area contributed by atoms with Gasteiger partial charge in [-0.3, -0.25) is 0 Å². The fourth-order valence-electron chi connectivity index (χ4n) is 1.04. The molecule has 0 spiro atoms. The van der Waals surface area contributed by atoms with Crippen molar-refractivity contribution >= 4 is 10.2 Å². The van der Waals surface area contributed by atoms with E-state index in [9.17, 15) is 8.42 Å². The molecule has 0 aromatic carbocycles. The van der Waals surface area contributed by atoms with Crippen molar-refractivity contribution in [1.82, 2.24) is 9.03 Å². The van der Waals surface area contributed by atoms with Gasteiger partial charge in [-0.1, -0.05) is 13.8 Å². The Morgan fingerprint density at radius 1 is 1.21 bits per heavy atom. The van der Waals surface area contributed by atoms with Crippen molar-refractivity contribution in [2.75, 3.05) is 26.2 Å². The molecule has 86 valence electrons. The van der Waals surface area contributed by atoms with E-state index >= 15 is 0 Å². The first kappa shape index (κ1) is 13.8. The molecular formula is C8H20N2O3S. The lowest BCUT2D eigenvalue weighted by Gasteiger charge is -2.20. The summed E-state index contributed by atoms with van der Waals surface area (Å²) >= 11 is 0. The van der Waals surface area contributed by atoms with E-state index in [2.05, 4.69) is 4.72 Å². The first-order chi connectivity index (χ1) is 6.58. The maximum atomic E-state index is 11.6. The quantitative estimate of drug-likeness (QED) is 0.606. The monoisotopic (exact) mass is 224 g/mol. The van der Waals surface area contributed by atoms with Gasteiger partial charge in [0, 0.05) is 19.6 Å². The molecule has 0 aliphatic rings. The standard InChI is InChI=1S/C8H20N2O3S/c1-3-5-9-14(12,13)10(6-4-2)7-8-11/h9,11H,3-8H2,1-2H3. The van der Waals surface area contributed by atoms with Crippen LogP contribution >= 0.6 is 0 Å². The number of nitrogens with zero attached hydrogens (tertiary/aromatic N) is 1. The maximum absolute atomic E-state index is 11.6. The van der Waals surface area contributed by atoms with Crippen molar-refractivity contribution in [2.45, 2.75) is 26.7 Å². The molecule has 0 atom stereocenters. The Balaban J connectivity index is 4.29. The van der Waals surface area contributed by atoms with Crippen LogP contribution in [0.2, 0.25) is 0 Å². The molecule has 0 saturated heterocycles. The van der Waals surface area contributed by atoms with Gasteiger partial charge in [-0.15, -0.1) is 0 Å². The summed E-state index contributed by atoms with van der Waals surface area (Å²) in [7, 11) is -3.39. The van der Waals surface area contributed by atoms with Crippen LogP contribution < -0.4 is 4.72 Å². The molecule has 0 fully saturated rings. The van der Waals surface area contributed by atoms with Crippen LogP contribution in [0.25, 0.3) is 0 Å². The first-order valence-corrected chi connectivity index (χ1v) is 6.38. The zero-order valence-electron chi connectivity index (χ0n) is 8.86. The molecule has 6 heteroatoms. The van der Waals surface area contributed by atoms with Gasteiger partial charge in [-0.05, 0) is 12.8 Å². The van der Waals surface area contributed by atoms with Gasteiger partial charge in [-0.25, -0.2) is 4.72 Å². The molecule has 0 amide bonds. The van der Waals surface area contributed by atoms with Crippen molar-refractivity contribution < 1.29 is 13.5 Å². The molecule has 0 heterocycles. The molecule has 14 heavy (non-hydrogen) atoms. The van der Waals surface area contributed by atoms with Crippen LogP contribution in [0.1, 0.15) is 26.7 Å². The van der Waals surface area contributed by atoms with Gasteiger partial charge in [-0.2, -0.15) is 12.7 Å². The third kappa shape index (κ3) is 4.90. The van der Waals surface area contributed by atoms with Crippen LogP contribution in [0, 0.1) is 0 Å². The highest BCUT2D eigenvalue weighted by Crippen LogP contribution is 1.98. The molecule has 0 rings (SSSR count). The van der Waals surface area contributed by atoms with Crippen LogP contribution in [0.4, 0.5) is 0 Å². The minimum atomic E-state index is -3.39. The molecule has 0 bridgehead atoms. The van der Waals surface area contributed by atoms with Crippen molar-refractivity contribution in [1.29, 1.82) is 0 Å². The summed E-state index contributed by atoms with van der Waals surface area (Å²) in [6, 6.07) is 0. The normalized spacial score (nSPS) is 12.3. The van der Waals surface area contributed by atoms with Gasteiger partial charge in [0.2, 0.25) is 0 Å². The van der Waals surface area contributed by atoms with E-state index in [-0.39, 0.29) is 13.2 Å². The number of hydrogen-bond donors (Lipinski definition) is 2. The molecular weight excluding hydrogens is 204 g/mol. The average Bonchev–Trinajstić information content (AvgIpc) is 2.14. The summed E-state index contributed by atoms with van der Waals surface area (Å²) in [5, 5.41) is 8.72. The first-order valence-electron chi connectivity index (χ1n) is 4.94. The Kier molecular flexibility index (Phi) is 7.08. The number of nitrogens with one attached hydrogen (secondary N) is 1. The smallest absolute Gasteiger partial charge is 0.279 e. The number of aliphatic hydroxyl groups is 1. The Morgan fingerprint density at radius 2 is 1.86 bits per heavy atom. The van der Waals surface area contributed by atoms with E-state index in [1.807, 2.05) is 13.8 Å². The Labute approximate surface area is 86.3 Å². The number of rotatable bonds is 8. The lowest BCUT2D eigenvalue weighted by molar-refractivity contribution is 0.252. The Hall–Kier alpha value is -0.170. The minimum absolute atomic E-state index is 0.146. The predicted octanol–water partition coefficient (Wildman–Crippen LogP) is -0.0649. The highest BCUT2D eigenvalue weighted by atomic mass is 32.2. The Bertz CT molecular complexity index is 223. The average molecular weight is 224 g/mol. The van der Waals surface area contributed by atoms with E-state index in [0.717, 1.165) is 12.8 Å². The second-order valence-electron chi connectivity index (χ2n) is 3.02. The molecule has 0 radical (unpaired) electrons. The zero-order chi connectivity index (χ0) is 11.0. The van der Waals surface area contributed by atoms with Gasteiger partial charge >= 0.3 is 0 Å². The maximum Gasteiger partial charge on any atom is 0.279 e. The lowest BCUT2D eigenvalue weighted by Crippen LogP contribution is -2.42. The van der Waals surface area contributed by atoms with Gasteiger partial charge in [0.15, 0.2) is 0 Å². The Morgan fingerprint density at radius 3 is 2.29 bits per heavy atom. The highest BCUT2D eigenvalue weighted by molar-refractivity contribution is 7.87. The molecule has 0 saturated carbocycles. The van der Waals surface area contributed by atoms with Crippen LogP contribution in [0.5, 0.6) is 0 Å². The number of hydrogen-bond acceptors (Lipinski definition) is 3. The second kappa shape index (κ2) is 7.17. The van der Waals surface area contributed by atoms with Gasteiger partial charge < -0.3 is 5.11 Å². The molecule has 0 unspecified atom stereocenters. The molecule has 0 aromatic rings. The third-order valence-corrected chi connectivity index (χ3v) is 3.31. The van der Waals surface area contributed by atoms with Crippen molar-refractivity contribution in [3.05, 3.63) is 0 Å². The largest absolute Gasteiger partial charge is 0.395 e. The fraction of sp³-hybridized carbons (Fsp3) is 1.00. The molecule has 0 aromatic heterocycles. The SMILES string of the molecule is CCCNS(=O)(=O)N(CCC)CCO. The summed E-state index contributed by atoms with van der Waals surface area (Å²) < 4.78 is 26.9. The number of aliphatic hydroxyl groups excluding tert-OH is 1. The summed E-state index contributed by atoms with van der Waals surface area (Å²) in [4.78, 5) is 0. The van der Waals surface area contributed by atoms with Crippen LogP contribution in [0.3, 0.4) is 0 Å². The van der Waals surface area contributed by atoms with E-state index in [4.69, 9.17) is 5.11 Å². The van der Waals surface area contributed by atoms with Gasteiger partial charge in [0.05, 0.1) is 6.61 Å². The zero-order valence-corrected chi connectivity index (χ0v) is 9.68. The van der Waals surface area contributed by atoms with Crippen molar-refractivity contribution in [2.24, 2.45) is 0 Å². The molecule has 2 N–H and O–H groups in total. The topological polar surface area (TPSA) is 69.6 Å². The highest BCUT2D eigenvalue weighted by Gasteiger charge is 2.18. The fourth-order valence-corrected chi connectivity index (χ4v) is 2.43. The second-order valence-corrected chi connectivity index (χ2v) is 4.78. The predicted molar refractivity (Wildman–Crippen MR) is 56.2 cm³/mol. The van der Waals surface area contributed by atoms with Gasteiger partial charge in [0.1, 0.15) is 0 Å². The molecule has 0 aliphatic heterocycles. The van der Waals surface area contributed by atoms with Crippen LogP contribution in [-0.4, -0.2) is 44.1 Å².